The van der Waals surface area contributed by atoms with Crippen LogP contribution >= 0.6 is 22.9 Å². The van der Waals surface area contributed by atoms with Crippen LogP contribution < -0.4 is 10.6 Å². The Hall–Kier alpha value is -2.05. The van der Waals surface area contributed by atoms with E-state index in [1.807, 2.05) is 6.92 Å². The number of amides is 2. The van der Waals surface area contributed by atoms with Crippen LogP contribution in [0.25, 0.3) is 0 Å². The topological polar surface area (TPSA) is 78.4 Å². The number of anilines is 2. The summed E-state index contributed by atoms with van der Waals surface area (Å²) in [6, 6.07) is 7.70. The third-order valence-electron chi connectivity index (χ3n) is 2.48. The van der Waals surface area contributed by atoms with Crippen molar-refractivity contribution in [3.8, 4) is 0 Å². The highest BCUT2D eigenvalue weighted by molar-refractivity contribution is 7.18. The van der Waals surface area contributed by atoms with Gasteiger partial charge in [0.15, 0.2) is 0 Å². The molecule has 5 nitrogen and oxygen atoms in total. The minimum absolute atomic E-state index is 0.165. The zero-order valence-electron chi connectivity index (χ0n) is 10.4. The molecule has 1 heterocycles. The first kappa shape index (κ1) is 14.4. The van der Waals surface area contributed by atoms with Crippen LogP contribution in [0.2, 0.25) is 5.02 Å². The molecule has 0 aliphatic heterocycles. The number of hydrogen-bond acceptors (Lipinski definition) is 3. The molecule has 1 aromatic carbocycles. The number of carbonyl (C=O) groups is 2. The van der Waals surface area contributed by atoms with Crippen molar-refractivity contribution in [3.63, 3.8) is 0 Å². The molecular formula is C13H11ClN2O3S. The minimum Gasteiger partial charge on any atom is -0.477 e. The predicted molar refractivity (Wildman–Crippen MR) is 80.1 cm³/mol. The Kier molecular flexibility index (Phi) is 4.26. The maximum atomic E-state index is 11.8. The smallest absolute Gasteiger partial charge is 0.345 e. The summed E-state index contributed by atoms with van der Waals surface area (Å²) < 4.78 is 0. The average Bonchev–Trinajstić information content (AvgIpc) is 2.82. The molecule has 0 atom stereocenters. The van der Waals surface area contributed by atoms with Gasteiger partial charge in [-0.05, 0) is 36.8 Å². The summed E-state index contributed by atoms with van der Waals surface area (Å²) >= 11 is 6.95. The Morgan fingerprint density at radius 2 is 1.95 bits per heavy atom. The molecule has 7 heteroatoms. The Morgan fingerprint density at radius 3 is 2.55 bits per heavy atom. The van der Waals surface area contributed by atoms with E-state index in [1.165, 1.54) is 12.1 Å². The van der Waals surface area contributed by atoms with Gasteiger partial charge in [-0.3, -0.25) is 5.32 Å². The molecule has 0 saturated heterocycles. The lowest BCUT2D eigenvalue weighted by atomic mass is 10.2. The molecule has 0 spiro atoms. The zero-order valence-corrected chi connectivity index (χ0v) is 12.0. The van der Waals surface area contributed by atoms with Crippen LogP contribution in [-0.2, 0) is 0 Å². The second-order valence-electron chi connectivity index (χ2n) is 4.01. The average molecular weight is 311 g/mol. The van der Waals surface area contributed by atoms with E-state index < -0.39 is 12.0 Å². The number of aryl methyl sites for hydroxylation is 1. The van der Waals surface area contributed by atoms with Crippen molar-refractivity contribution >= 4 is 45.6 Å². The Balaban J connectivity index is 2.01. The van der Waals surface area contributed by atoms with Crippen molar-refractivity contribution in [2.75, 3.05) is 10.6 Å². The van der Waals surface area contributed by atoms with Crippen LogP contribution in [0.15, 0.2) is 30.3 Å². The monoisotopic (exact) mass is 310 g/mol. The van der Waals surface area contributed by atoms with Crippen LogP contribution in [0.5, 0.6) is 0 Å². The number of thiophene rings is 1. The fraction of sp³-hybridized carbons (Fsp3) is 0.0769. The number of nitrogens with one attached hydrogen (secondary N) is 2. The van der Waals surface area contributed by atoms with Gasteiger partial charge >= 0.3 is 12.0 Å². The molecule has 0 radical (unpaired) electrons. The SMILES string of the molecule is Cc1ccc(NC(=O)Nc2ccc(C(=O)O)s2)cc1Cl. The number of benzene rings is 1. The number of hydrogen-bond donors (Lipinski definition) is 3. The van der Waals surface area contributed by atoms with Crippen molar-refractivity contribution < 1.29 is 14.7 Å². The lowest BCUT2D eigenvalue weighted by Gasteiger charge is -2.07. The van der Waals surface area contributed by atoms with Gasteiger partial charge in [0, 0.05) is 10.7 Å². The fourth-order valence-electron chi connectivity index (χ4n) is 1.46. The number of aromatic carboxylic acids is 1. The van der Waals surface area contributed by atoms with Crippen LogP contribution in [0.1, 0.15) is 15.2 Å². The van der Waals surface area contributed by atoms with E-state index in [0.717, 1.165) is 16.9 Å². The van der Waals surface area contributed by atoms with Crippen LogP contribution in [0, 0.1) is 6.92 Å². The summed E-state index contributed by atoms with van der Waals surface area (Å²) in [5.41, 5.74) is 1.48. The number of rotatable bonds is 3. The van der Waals surface area contributed by atoms with Gasteiger partial charge < -0.3 is 10.4 Å². The first-order chi connectivity index (χ1) is 9.45. The molecule has 0 saturated carbocycles. The summed E-state index contributed by atoms with van der Waals surface area (Å²) in [5, 5.41) is 15.0. The first-order valence-corrected chi connectivity index (χ1v) is 6.82. The largest absolute Gasteiger partial charge is 0.477 e. The molecule has 0 fully saturated rings. The van der Waals surface area contributed by atoms with Gasteiger partial charge in [0.05, 0.1) is 5.00 Å². The molecular weight excluding hydrogens is 300 g/mol. The summed E-state index contributed by atoms with van der Waals surface area (Å²) in [4.78, 5) is 22.6. The summed E-state index contributed by atoms with van der Waals surface area (Å²) in [5.74, 6) is -1.02. The molecule has 3 N–H and O–H groups in total. The first-order valence-electron chi connectivity index (χ1n) is 5.63. The fourth-order valence-corrected chi connectivity index (χ4v) is 2.39. The number of carbonyl (C=O) groups excluding carboxylic acids is 1. The Labute approximate surface area is 124 Å². The molecule has 1 aromatic heterocycles. The number of urea groups is 1. The van der Waals surface area contributed by atoms with Gasteiger partial charge in [-0.2, -0.15) is 0 Å². The van der Waals surface area contributed by atoms with Gasteiger partial charge in [0.1, 0.15) is 4.88 Å². The van der Waals surface area contributed by atoms with Crippen molar-refractivity contribution in [3.05, 3.63) is 45.8 Å². The lowest BCUT2D eigenvalue weighted by Crippen LogP contribution is -2.18. The third kappa shape index (κ3) is 3.49. The summed E-state index contributed by atoms with van der Waals surface area (Å²) in [7, 11) is 0. The third-order valence-corrected chi connectivity index (χ3v) is 3.88. The van der Waals surface area contributed by atoms with Crippen molar-refractivity contribution in [1.29, 1.82) is 0 Å². The van der Waals surface area contributed by atoms with Gasteiger partial charge in [0.2, 0.25) is 0 Å². The maximum absolute atomic E-state index is 11.8. The van der Waals surface area contributed by atoms with E-state index in [2.05, 4.69) is 10.6 Å². The molecule has 0 bridgehead atoms. The van der Waals surface area contributed by atoms with Crippen molar-refractivity contribution in [2.24, 2.45) is 0 Å². The Bertz CT molecular complexity index is 669. The van der Waals surface area contributed by atoms with E-state index in [1.54, 1.807) is 18.2 Å². The summed E-state index contributed by atoms with van der Waals surface area (Å²) in [6.45, 7) is 1.87. The second kappa shape index (κ2) is 5.94. The zero-order chi connectivity index (χ0) is 14.7. The van der Waals surface area contributed by atoms with E-state index in [0.29, 0.717) is 15.7 Å². The predicted octanol–water partition coefficient (Wildman–Crippen LogP) is 4.05. The molecule has 104 valence electrons. The van der Waals surface area contributed by atoms with Crippen molar-refractivity contribution in [1.82, 2.24) is 0 Å². The molecule has 20 heavy (non-hydrogen) atoms. The molecule has 2 amide bonds. The molecule has 0 unspecified atom stereocenters. The van der Waals surface area contributed by atoms with Crippen LogP contribution in [-0.4, -0.2) is 17.1 Å². The molecule has 2 rings (SSSR count). The van der Waals surface area contributed by atoms with E-state index in [4.69, 9.17) is 16.7 Å². The van der Waals surface area contributed by atoms with E-state index >= 15 is 0 Å². The number of carboxylic acids is 1. The van der Waals surface area contributed by atoms with Crippen LogP contribution in [0.4, 0.5) is 15.5 Å². The highest BCUT2D eigenvalue weighted by atomic mass is 35.5. The normalized spacial score (nSPS) is 10.1. The quantitative estimate of drug-likeness (QED) is 0.800. The standard InChI is InChI=1S/C13H11ClN2O3S/c1-7-2-3-8(6-9(7)14)15-13(19)16-11-5-4-10(20-11)12(17)18/h2-6H,1H3,(H,17,18)(H2,15,16,19). The molecule has 0 aliphatic rings. The number of halogens is 1. The van der Waals surface area contributed by atoms with Gasteiger partial charge in [-0.15, -0.1) is 11.3 Å². The maximum Gasteiger partial charge on any atom is 0.345 e. The molecule has 0 aliphatic carbocycles. The van der Waals surface area contributed by atoms with E-state index in [-0.39, 0.29) is 4.88 Å². The number of carboxylic acid groups (broad SMARTS) is 1. The second-order valence-corrected chi connectivity index (χ2v) is 5.50. The highest BCUT2D eigenvalue weighted by Crippen LogP contribution is 2.23. The Morgan fingerprint density at radius 1 is 1.20 bits per heavy atom. The lowest BCUT2D eigenvalue weighted by molar-refractivity contribution is 0.0702. The van der Waals surface area contributed by atoms with Crippen LogP contribution in [0.3, 0.4) is 0 Å². The summed E-state index contributed by atoms with van der Waals surface area (Å²) in [6.07, 6.45) is 0. The molecule has 2 aromatic rings. The minimum atomic E-state index is -1.02. The van der Waals surface area contributed by atoms with Gasteiger partial charge in [0.25, 0.3) is 0 Å². The van der Waals surface area contributed by atoms with Gasteiger partial charge in [-0.1, -0.05) is 17.7 Å². The highest BCUT2D eigenvalue weighted by Gasteiger charge is 2.09. The van der Waals surface area contributed by atoms with E-state index in [9.17, 15) is 9.59 Å². The van der Waals surface area contributed by atoms with Gasteiger partial charge in [-0.25, -0.2) is 9.59 Å². The van der Waals surface area contributed by atoms with Crippen molar-refractivity contribution in [2.45, 2.75) is 6.92 Å².